The number of amides is 1. The molecule has 1 amide bonds. The van der Waals surface area contributed by atoms with Crippen LogP contribution in [0.25, 0.3) is 0 Å². The monoisotopic (exact) mass is 306 g/mol. The van der Waals surface area contributed by atoms with Crippen molar-refractivity contribution in [3.63, 3.8) is 0 Å². The van der Waals surface area contributed by atoms with Crippen molar-refractivity contribution in [3.05, 3.63) is 63.5 Å². The molecule has 0 fully saturated rings. The van der Waals surface area contributed by atoms with E-state index in [4.69, 9.17) is 16.7 Å². The van der Waals surface area contributed by atoms with Crippen LogP contribution in [0.15, 0.2) is 47.5 Å². The fraction of sp³-hybridized carbons (Fsp3) is 0.0714. The Morgan fingerprint density at radius 1 is 1.19 bits per heavy atom. The number of carbonyl (C=O) groups excluding carboxylic acids is 1. The first-order valence-electron chi connectivity index (χ1n) is 5.94. The molecule has 1 heterocycles. The lowest BCUT2D eigenvalue weighted by Crippen LogP contribution is -2.19. The highest BCUT2D eigenvalue weighted by Crippen LogP contribution is 2.23. The summed E-state index contributed by atoms with van der Waals surface area (Å²) in [7, 11) is 0. The van der Waals surface area contributed by atoms with E-state index in [0.29, 0.717) is 0 Å². The fourth-order valence-corrected chi connectivity index (χ4v) is 1.82. The van der Waals surface area contributed by atoms with Crippen molar-refractivity contribution in [2.24, 2.45) is 0 Å². The van der Waals surface area contributed by atoms with Crippen molar-refractivity contribution in [2.45, 2.75) is 6.54 Å². The molecule has 108 valence electrons. The summed E-state index contributed by atoms with van der Waals surface area (Å²) >= 11 is 5.91. The molecule has 0 aliphatic heterocycles. The summed E-state index contributed by atoms with van der Waals surface area (Å²) in [6.45, 7) is -0.0199. The lowest BCUT2D eigenvalue weighted by atomic mass is 10.2. The lowest BCUT2D eigenvalue weighted by molar-refractivity contribution is -0.116. The van der Waals surface area contributed by atoms with Gasteiger partial charge in [-0.2, -0.15) is 0 Å². The van der Waals surface area contributed by atoms with Crippen molar-refractivity contribution in [1.82, 2.24) is 4.57 Å². The predicted octanol–water partition coefficient (Wildman–Crippen LogP) is 1.84. The third-order valence-electron chi connectivity index (χ3n) is 2.67. The van der Waals surface area contributed by atoms with Crippen molar-refractivity contribution >= 4 is 29.2 Å². The normalized spacial score (nSPS) is 10.1. The van der Waals surface area contributed by atoms with Gasteiger partial charge in [0.15, 0.2) is 5.43 Å². The number of anilines is 1. The maximum atomic E-state index is 11.9. The molecule has 21 heavy (non-hydrogen) atoms. The molecule has 0 spiro atoms. The summed E-state index contributed by atoms with van der Waals surface area (Å²) in [4.78, 5) is 33.7. The van der Waals surface area contributed by atoms with E-state index in [1.807, 2.05) is 0 Å². The van der Waals surface area contributed by atoms with Crippen LogP contribution in [0.4, 0.5) is 5.69 Å². The van der Waals surface area contributed by atoms with Gasteiger partial charge in [-0.25, -0.2) is 4.79 Å². The summed E-state index contributed by atoms with van der Waals surface area (Å²) in [6, 6.07) is 6.71. The Morgan fingerprint density at radius 3 is 2.48 bits per heavy atom. The minimum Gasteiger partial charge on any atom is -0.478 e. The second-order valence-electron chi connectivity index (χ2n) is 4.25. The molecule has 0 saturated carbocycles. The van der Waals surface area contributed by atoms with E-state index < -0.39 is 5.97 Å². The molecule has 2 N–H and O–H groups in total. The van der Waals surface area contributed by atoms with Gasteiger partial charge in [-0.05, 0) is 18.2 Å². The van der Waals surface area contributed by atoms with Gasteiger partial charge in [0.05, 0.1) is 16.3 Å². The van der Waals surface area contributed by atoms with Crippen LogP contribution in [0.3, 0.4) is 0 Å². The van der Waals surface area contributed by atoms with E-state index in [2.05, 4.69) is 5.32 Å². The van der Waals surface area contributed by atoms with Crippen LogP contribution < -0.4 is 10.7 Å². The summed E-state index contributed by atoms with van der Waals surface area (Å²) in [5.41, 5.74) is 0.101. The first-order valence-corrected chi connectivity index (χ1v) is 6.32. The van der Waals surface area contributed by atoms with E-state index in [0.717, 1.165) is 0 Å². The molecule has 0 radical (unpaired) electrons. The number of halogens is 1. The molecule has 0 unspecified atom stereocenters. The Morgan fingerprint density at radius 2 is 1.86 bits per heavy atom. The van der Waals surface area contributed by atoms with Crippen LogP contribution >= 0.6 is 11.6 Å². The van der Waals surface area contributed by atoms with Gasteiger partial charge in [0.2, 0.25) is 5.91 Å². The topological polar surface area (TPSA) is 88.4 Å². The molecule has 2 aromatic rings. The maximum absolute atomic E-state index is 11.9. The second kappa shape index (κ2) is 6.23. The molecule has 0 bridgehead atoms. The SMILES string of the molecule is O=C(Cn1ccc(=O)cc1)Nc1cc(C(=O)O)ccc1Cl. The Labute approximate surface area is 124 Å². The third kappa shape index (κ3) is 3.93. The molecule has 0 saturated heterocycles. The van der Waals surface area contributed by atoms with E-state index in [-0.39, 0.29) is 34.2 Å². The number of pyridine rings is 1. The van der Waals surface area contributed by atoms with Crippen LogP contribution in [-0.4, -0.2) is 21.6 Å². The fourth-order valence-electron chi connectivity index (χ4n) is 1.66. The van der Waals surface area contributed by atoms with Gasteiger partial charge in [0.1, 0.15) is 6.54 Å². The van der Waals surface area contributed by atoms with Crippen molar-refractivity contribution in [1.29, 1.82) is 0 Å². The zero-order valence-corrected chi connectivity index (χ0v) is 11.5. The summed E-state index contributed by atoms with van der Waals surface area (Å²) in [5.74, 6) is -1.49. The largest absolute Gasteiger partial charge is 0.478 e. The van der Waals surface area contributed by atoms with Crippen molar-refractivity contribution in [3.8, 4) is 0 Å². The van der Waals surface area contributed by atoms with Crippen LogP contribution in [0.2, 0.25) is 5.02 Å². The number of carboxylic acids is 1. The molecule has 6 nitrogen and oxygen atoms in total. The number of nitrogens with zero attached hydrogens (tertiary/aromatic N) is 1. The summed E-state index contributed by atoms with van der Waals surface area (Å²) in [6.07, 6.45) is 2.97. The lowest BCUT2D eigenvalue weighted by Gasteiger charge is -2.09. The molecular weight excluding hydrogens is 296 g/mol. The van der Waals surface area contributed by atoms with E-state index >= 15 is 0 Å². The number of hydrogen-bond acceptors (Lipinski definition) is 3. The Hall–Kier alpha value is -2.60. The van der Waals surface area contributed by atoms with Gasteiger partial charge in [0, 0.05) is 24.5 Å². The van der Waals surface area contributed by atoms with Gasteiger partial charge in [-0.1, -0.05) is 11.6 Å². The van der Waals surface area contributed by atoms with E-state index in [1.54, 1.807) is 0 Å². The average Bonchev–Trinajstić information content (AvgIpc) is 2.43. The van der Waals surface area contributed by atoms with Crippen LogP contribution in [0.1, 0.15) is 10.4 Å². The molecule has 7 heteroatoms. The molecule has 0 aliphatic carbocycles. The van der Waals surface area contributed by atoms with Gasteiger partial charge in [0.25, 0.3) is 0 Å². The zero-order valence-electron chi connectivity index (χ0n) is 10.7. The molecule has 1 aromatic carbocycles. The van der Waals surface area contributed by atoms with E-state index in [9.17, 15) is 14.4 Å². The first-order chi connectivity index (χ1) is 9.95. The minimum atomic E-state index is -1.11. The van der Waals surface area contributed by atoms with Crippen molar-refractivity contribution < 1.29 is 14.7 Å². The van der Waals surface area contributed by atoms with Crippen LogP contribution in [-0.2, 0) is 11.3 Å². The van der Waals surface area contributed by atoms with Crippen molar-refractivity contribution in [2.75, 3.05) is 5.32 Å². The molecule has 0 aliphatic rings. The van der Waals surface area contributed by atoms with Gasteiger partial charge in [-0.15, -0.1) is 0 Å². The Kier molecular flexibility index (Phi) is 4.39. The minimum absolute atomic E-state index is 0.0199. The summed E-state index contributed by atoms with van der Waals surface area (Å²) < 4.78 is 1.52. The second-order valence-corrected chi connectivity index (χ2v) is 4.66. The molecule has 1 aromatic heterocycles. The predicted molar refractivity (Wildman–Crippen MR) is 77.7 cm³/mol. The molecule has 2 rings (SSSR count). The first kappa shape index (κ1) is 14.8. The number of carbonyl (C=O) groups is 2. The number of rotatable bonds is 4. The van der Waals surface area contributed by atoms with Crippen LogP contribution in [0.5, 0.6) is 0 Å². The standard InChI is InChI=1S/C14H11ClN2O4/c15-11-2-1-9(14(20)21)7-12(11)16-13(19)8-17-5-3-10(18)4-6-17/h1-7H,8H2,(H,16,19)(H,20,21). The van der Waals surface area contributed by atoms with Gasteiger partial charge < -0.3 is 15.0 Å². The number of aromatic nitrogens is 1. The molecule has 0 atom stereocenters. The zero-order chi connectivity index (χ0) is 15.4. The van der Waals surface area contributed by atoms with Crippen LogP contribution in [0, 0.1) is 0 Å². The smallest absolute Gasteiger partial charge is 0.335 e. The number of nitrogens with one attached hydrogen (secondary N) is 1. The maximum Gasteiger partial charge on any atom is 0.335 e. The Bertz CT molecular complexity index is 734. The average molecular weight is 307 g/mol. The highest BCUT2D eigenvalue weighted by Gasteiger charge is 2.10. The third-order valence-corrected chi connectivity index (χ3v) is 3.00. The highest BCUT2D eigenvalue weighted by atomic mass is 35.5. The van der Waals surface area contributed by atoms with E-state index in [1.165, 1.54) is 47.3 Å². The van der Waals surface area contributed by atoms with Gasteiger partial charge >= 0.3 is 5.97 Å². The number of hydrogen-bond donors (Lipinski definition) is 2. The highest BCUT2D eigenvalue weighted by molar-refractivity contribution is 6.33. The number of aromatic carboxylic acids is 1. The Balaban J connectivity index is 2.12. The number of benzene rings is 1. The molecular formula is C14H11ClN2O4. The quantitative estimate of drug-likeness (QED) is 0.902. The van der Waals surface area contributed by atoms with Gasteiger partial charge in [-0.3, -0.25) is 9.59 Å². The number of carboxylic acid groups (broad SMARTS) is 1. The summed E-state index contributed by atoms with van der Waals surface area (Å²) in [5, 5.41) is 11.7.